The van der Waals surface area contributed by atoms with Crippen molar-refractivity contribution in [1.29, 1.82) is 0 Å². The molecule has 0 aromatic heterocycles. The van der Waals surface area contributed by atoms with Gasteiger partial charge in [0.25, 0.3) is 0 Å². The molecule has 0 radical (unpaired) electrons. The second-order valence-corrected chi connectivity index (χ2v) is 5.38. The molecule has 0 fully saturated rings. The third kappa shape index (κ3) is 5.88. The monoisotopic (exact) mass is 262 g/mol. The van der Waals surface area contributed by atoms with Crippen LogP contribution in [0.1, 0.15) is 44.6 Å². The molecule has 1 rings (SSSR count). The van der Waals surface area contributed by atoms with Crippen LogP contribution in [-0.2, 0) is 4.79 Å². The maximum Gasteiger partial charge on any atom is 0.228 e. The van der Waals surface area contributed by atoms with E-state index >= 15 is 0 Å². The second-order valence-electron chi connectivity index (χ2n) is 5.38. The summed E-state index contributed by atoms with van der Waals surface area (Å²) >= 11 is 0. The number of unbranched alkanes of at least 4 members (excludes halogenated alkanes) is 1. The first-order valence-electron chi connectivity index (χ1n) is 7.18. The number of hydrogen-bond donors (Lipinski definition) is 2. The number of nitrogens with one attached hydrogen (secondary N) is 1. The van der Waals surface area contributed by atoms with Gasteiger partial charge in [0.15, 0.2) is 0 Å². The predicted molar refractivity (Wildman–Crippen MR) is 79.9 cm³/mol. The highest BCUT2D eigenvalue weighted by molar-refractivity contribution is 5.83. The van der Waals surface area contributed by atoms with Crippen LogP contribution in [0.4, 0.5) is 0 Å². The third-order valence-corrected chi connectivity index (χ3v) is 3.26. The Morgan fingerprint density at radius 3 is 2.47 bits per heavy atom. The first kappa shape index (κ1) is 15.7. The molecule has 19 heavy (non-hydrogen) atoms. The number of hydrogen-bond acceptors (Lipinski definition) is 2. The number of carbonyl (C=O) groups is 1. The van der Waals surface area contributed by atoms with Crippen molar-refractivity contribution in [2.45, 2.75) is 39.0 Å². The fraction of sp³-hybridized carbons (Fsp3) is 0.562. The molecular weight excluding hydrogens is 236 g/mol. The molecule has 0 spiro atoms. The van der Waals surface area contributed by atoms with Crippen molar-refractivity contribution in [2.24, 2.45) is 11.7 Å². The normalized spacial score (nSPS) is 12.4. The van der Waals surface area contributed by atoms with E-state index in [2.05, 4.69) is 19.2 Å². The Hall–Kier alpha value is -1.35. The van der Waals surface area contributed by atoms with Crippen molar-refractivity contribution in [3.8, 4) is 0 Å². The minimum absolute atomic E-state index is 0.0400. The maximum atomic E-state index is 12.1. The molecule has 0 saturated heterocycles. The fourth-order valence-electron chi connectivity index (χ4n) is 2.09. The molecule has 1 amide bonds. The summed E-state index contributed by atoms with van der Waals surface area (Å²) in [4.78, 5) is 12.1. The molecule has 0 saturated carbocycles. The lowest BCUT2D eigenvalue weighted by molar-refractivity contribution is -0.122. The van der Waals surface area contributed by atoms with Gasteiger partial charge in [-0.3, -0.25) is 4.79 Å². The highest BCUT2D eigenvalue weighted by atomic mass is 16.1. The molecule has 1 aromatic carbocycles. The molecule has 0 heterocycles. The maximum absolute atomic E-state index is 12.1. The Kier molecular flexibility index (Phi) is 7.19. The highest BCUT2D eigenvalue weighted by Crippen LogP contribution is 2.14. The van der Waals surface area contributed by atoms with E-state index in [1.807, 2.05) is 30.3 Å². The minimum atomic E-state index is -0.230. The zero-order valence-electron chi connectivity index (χ0n) is 12.1. The number of benzene rings is 1. The van der Waals surface area contributed by atoms with Crippen molar-refractivity contribution < 1.29 is 4.79 Å². The van der Waals surface area contributed by atoms with Gasteiger partial charge in [0, 0.05) is 13.1 Å². The van der Waals surface area contributed by atoms with Crippen LogP contribution in [0.15, 0.2) is 30.3 Å². The van der Waals surface area contributed by atoms with Crippen LogP contribution in [0.5, 0.6) is 0 Å². The summed E-state index contributed by atoms with van der Waals surface area (Å²) in [7, 11) is 0. The van der Waals surface area contributed by atoms with Crippen LogP contribution in [0, 0.1) is 5.92 Å². The van der Waals surface area contributed by atoms with Gasteiger partial charge in [-0.2, -0.15) is 0 Å². The van der Waals surface area contributed by atoms with E-state index in [0.717, 1.165) is 30.9 Å². The molecule has 3 nitrogen and oxygen atoms in total. The van der Waals surface area contributed by atoms with Gasteiger partial charge in [-0.25, -0.2) is 0 Å². The summed E-state index contributed by atoms with van der Waals surface area (Å²) in [6.07, 6.45) is 3.42. The summed E-state index contributed by atoms with van der Waals surface area (Å²) in [5.41, 5.74) is 6.71. The Morgan fingerprint density at radius 2 is 1.89 bits per heavy atom. The van der Waals surface area contributed by atoms with E-state index in [9.17, 15) is 4.79 Å². The van der Waals surface area contributed by atoms with Crippen LogP contribution >= 0.6 is 0 Å². The Morgan fingerprint density at radius 1 is 1.21 bits per heavy atom. The lowest BCUT2D eigenvalue weighted by Crippen LogP contribution is -2.34. The second kappa shape index (κ2) is 8.70. The van der Waals surface area contributed by atoms with Crippen LogP contribution in [0.2, 0.25) is 0 Å². The van der Waals surface area contributed by atoms with E-state index < -0.39 is 0 Å². The van der Waals surface area contributed by atoms with E-state index in [0.29, 0.717) is 6.54 Å². The van der Waals surface area contributed by atoms with Crippen molar-refractivity contribution in [1.82, 2.24) is 5.32 Å². The van der Waals surface area contributed by atoms with E-state index in [1.165, 1.54) is 6.42 Å². The predicted octanol–water partition coefficient (Wildman–Crippen LogP) is 2.67. The van der Waals surface area contributed by atoms with Crippen LogP contribution in [0.3, 0.4) is 0 Å². The van der Waals surface area contributed by atoms with Crippen LogP contribution in [0.25, 0.3) is 0 Å². The Labute approximate surface area is 116 Å². The fourth-order valence-corrected chi connectivity index (χ4v) is 2.09. The SMILES string of the molecule is CC(C)CCCCNC(=O)C(CN)c1ccccc1. The van der Waals surface area contributed by atoms with Crippen LogP contribution in [-0.4, -0.2) is 19.0 Å². The van der Waals surface area contributed by atoms with Gasteiger partial charge < -0.3 is 11.1 Å². The lowest BCUT2D eigenvalue weighted by Gasteiger charge is -2.15. The molecule has 3 heteroatoms. The van der Waals surface area contributed by atoms with Crippen LogP contribution < -0.4 is 11.1 Å². The molecule has 0 aliphatic heterocycles. The molecule has 0 aliphatic carbocycles. The standard InChI is InChI=1S/C16H26N2O/c1-13(2)8-6-7-11-18-16(19)15(12-17)14-9-4-3-5-10-14/h3-5,9-10,13,15H,6-8,11-12,17H2,1-2H3,(H,18,19). The summed E-state index contributed by atoms with van der Waals surface area (Å²) in [6.45, 7) is 5.54. The summed E-state index contributed by atoms with van der Waals surface area (Å²) in [5.74, 6) is 0.543. The summed E-state index contributed by atoms with van der Waals surface area (Å²) in [6, 6.07) is 9.73. The highest BCUT2D eigenvalue weighted by Gasteiger charge is 2.17. The van der Waals surface area contributed by atoms with Gasteiger partial charge in [-0.15, -0.1) is 0 Å². The number of rotatable bonds is 8. The van der Waals surface area contributed by atoms with Crippen molar-refractivity contribution in [2.75, 3.05) is 13.1 Å². The lowest BCUT2D eigenvalue weighted by atomic mass is 9.98. The summed E-state index contributed by atoms with van der Waals surface area (Å²) in [5, 5.41) is 2.99. The van der Waals surface area contributed by atoms with Gasteiger partial charge >= 0.3 is 0 Å². The molecule has 0 aliphatic rings. The average Bonchev–Trinajstić information content (AvgIpc) is 2.40. The Balaban J connectivity index is 2.35. The van der Waals surface area contributed by atoms with Gasteiger partial charge in [0.2, 0.25) is 5.91 Å². The molecule has 3 N–H and O–H groups in total. The zero-order valence-corrected chi connectivity index (χ0v) is 12.1. The average molecular weight is 262 g/mol. The molecule has 1 aromatic rings. The number of amides is 1. The van der Waals surface area contributed by atoms with Gasteiger partial charge in [0.1, 0.15) is 0 Å². The van der Waals surface area contributed by atoms with Gasteiger partial charge in [0.05, 0.1) is 5.92 Å². The molecular formula is C16H26N2O. The zero-order chi connectivity index (χ0) is 14.1. The molecule has 0 bridgehead atoms. The van der Waals surface area contributed by atoms with Gasteiger partial charge in [-0.05, 0) is 17.9 Å². The van der Waals surface area contributed by atoms with Crippen molar-refractivity contribution in [3.05, 3.63) is 35.9 Å². The van der Waals surface area contributed by atoms with Crippen molar-refractivity contribution >= 4 is 5.91 Å². The molecule has 1 atom stereocenters. The first-order chi connectivity index (χ1) is 9.15. The largest absolute Gasteiger partial charge is 0.356 e. The van der Waals surface area contributed by atoms with E-state index in [4.69, 9.17) is 5.73 Å². The first-order valence-corrected chi connectivity index (χ1v) is 7.18. The topological polar surface area (TPSA) is 55.1 Å². The quantitative estimate of drug-likeness (QED) is 0.708. The third-order valence-electron chi connectivity index (χ3n) is 3.26. The number of nitrogens with two attached hydrogens (primary N) is 1. The molecule has 1 unspecified atom stereocenters. The van der Waals surface area contributed by atoms with E-state index in [-0.39, 0.29) is 11.8 Å². The smallest absolute Gasteiger partial charge is 0.228 e. The van der Waals surface area contributed by atoms with E-state index in [1.54, 1.807) is 0 Å². The molecule has 106 valence electrons. The number of carbonyl (C=O) groups excluding carboxylic acids is 1. The minimum Gasteiger partial charge on any atom is -0.356 e. The summed E-state index contributed by atoms with van der Waals surface area (Å²) < 4.78 is 0. The van der Waals surface area contributed by atoms with Crippen molar-refractivity contribution in [3.63, 3.8) is 0 Å². The van der Waals surface area contributed by atoms with Gasteiger partial charge in [-0.1, -0.05) is 57.0 Å². The Bertz CT molecular complexity index is 362.